The van der Waals surface area contributed by atoms with Crippen LogP contribution in [0.1, 0.15) is 16.7 Å². The van der Waals surface area contributed by atoms with Crippen molar-refractivity contribution in [2.75, 3.05) is 38.0 Å². The summed E-state index contributed by atoms with van der Waals surface area (Å²) in [6, 6.07) is 35.1. The molecule has 1 aliphatic rings. The maximum atomic E-state index is 15.4. The highest BCUT2D eigenvalue weighted by molar-refractivity contribution is 7.88. The zero-order chi connectivity index (χ0) is 23.9. The summed E-state index contributed by atoms with van der Waals surface area (Å²) in [5.74, 6) is 0. The quantitative estimate of drug-likeness (QED) is 0.335. The Morgan fingerprint density at radius 1 is 0.588 bits per heavy atom. The van der Waals surface area contributed by atoms with Crippen LogP contribution >= 0.6 is 7.14 Å². The average Bonchev–Trinajstić information content (AvgIpc) is 3.14. The molecule has 4 aromatic rings. The predicted octanol–water partition coefficient (Wildman–Crippen LogP) is 6.06. The molecule has 0 fully saturated rings. The van der Waals surface area contributed by atoms with E-state index in [1.165, 1.54) is 0 Å². The van der Waals surface area contributed by atoms with E-state index in [4.69, 9.17) is 0 Å². The fraction of sp³-hybridized carbons (Fsp3) is 0.133. The normalized spacial score (nSPS) is 16.9. The summed E-state index contributed by atoms with van der Waals surface area (Å²) in [4.78, 5) is 4.16. The minimum atomic E-state index is -3.12. The van der Waals surface area contributed by atoms with Crippen LogP contribution in [0.5, 0.6) is 0 Å². The molecule has 34 heavy (non-hydrogen) atoms. The van der Waals surface area contributed by atoms with Crippen molar-refractivity contribution in [2.24, 2.45) is 0 Å². The molecule has 3 nitrogen and oxygen atoms in total. The van der Waals surface area contributed by atoms with Gasteiger partial charge in [-0.2, -0.15) is 0 Å². The van der Waals surface area contributed by atoms with E-state index in [9.17, 15) is 0 Å². The zero-order valence-electron chi connectivity index (χ0n) is 20.1. The molecule has 0 aromatic heterocycles. The lowest BCUT2D eigenvalue weighted by Gasteiger charge is -2.21. The van der Waals surface area contributed by atoms with Gasteiger partial charge in [-0.1, -0.05) is 60.7 Å². The van der Waals surface area contributed by atoms with Crippen molar-refractivity contribution < 1.29 is 4.57 Å². The van der Waals surface area contributed by atoms with Crippen LogP contribution in [0.3, 0.4) is 0 Å². The second kappa shape index (κ2) is 8.66. The highest BCUT2D eigenvalue weighted by Gasteiger charge is 2.43. The van der Waals surface area contributed by atoms with Crippen molar-refractivity contribution in [1.82, 2.24) is 0 Å². The third kappa shape index (κ3) is 3.57. The van der Waals surface area contributed by atoms with Crippen LogP contribution in [0.2, 0.25) is 0 Å². The molecule has 0 radical (unpaired) electrons. The highest BCUT2D eigenvalue weighted by atomic mass is 31.2. The van der Waals surface area contributed by atoms with Gasteiger partial charge in [-0.3, -0.25) is 0 Å². The van der Waals surface area contributed by atoms with Gasteiger partial charge in [-0.25, -0.2) is 0 Å². The number of hydrogen-bond donors (Lipinski definition) is 0. The minimum absolute atomic E-state index is 0.863. The van der Waals surface area contributed by atoms with Crippen LogP contribution in [0.4, 0.5) is 11.4 Å². The number of rotatable bonds is 5. The maximum absolute atomic E-state index is 15.4. The first-order valence-corrected chi connectivity index (χ1v) is 13.2. The van der Waals surface area contributed by atoms with Crippen LogP contribution in [-0.2, 0) is 4.57 Å². The van der Waals surface area contributed by atoms with E-state index in [1.807, 2.05) is 64.6 Å². The topological polar surface area (TPSA) is 23.6 Å². The van der Waals surface area contributed by atoms with Crippen LogP contribution in [0.15, 0.2) is 103 Å². The Kier molecular flexibility index (Phi) is 5.67. The Hall–Kier alpha value is -3.55. The van der Waals surface area contributed by atoms with Crippen molar-refractivity contribution in [3.05, 3.63) is 120 Å². The molecule has 0 amide bonds. The highest BCUT2D eigenvalue weighted by Crippen LogP contribution is 2.65. The Morgan fingerprint density at radius 3 is 1.68 bits per heavy atom. The monoisotopic (exact) mass is 464 g/mol. The van der Waals surface area contributed by atoms with Gasteiger partial charge in [-0.15, -0.1) is 0 Å². The molecular weight excluding hydrogens is 435 g/mol. The third-order valence-electron chi connectivity index (χ3n) is 6.50. The number of benzene rings is 4. The van der Waals surface area contributed by atoms with Crippen molar-refractivity contribution in [3.8, 4) is 0 Å². The lowest BCUT2D eigenvalue weighted by molar-refractivity contribution is 0.593. The molecule has 0 bridgehead atoms. The number of anilines is 2. The van der Waals surface area contributed by atoms with Gasteiger partial charge in [0, 0.05) is 61.1 Å². The van der Waals surface area contributed by atoms with Gasteiger partial charge in [0.25, 0.3) is 0 Å². The zero-order valence-corrected chi connectivity index (χ0v) is 21.0. The Labute approximate surface area is 202 Å². The van der Waals surface area contributed by atoms with Crippen molar-refractivity contribution in [1.29, 1.82) is 0 Å². The molecule has 1 aliphatic heterocycles. The predicted molar refractivity (Wildman–Crippen MR) is 147 cm³/mol. The van der Waals surface area contributed by atoms with Gasteiger partial charge >= 0.3 is 0 Å². The van der Waals surface area contributed by atoms with E-state index >= 15 is 4.57 Å². The average molecular weight is 465 g/mol. The first-order chi connectivity index (χ1) is 16.4. The fourth-order valence-electron chi connectivity index (χ4n) is 4.73. The molecule has 1 heterocycles. The van der Waals surface area contributed by atoms with E-state index in [0.717, 1.165) is 49.6 Å². The molecule has 4 heteroatoms. The summed E-state index contributed by atoms with van der Waals surface area (Å²) in [6.07, 6.45) is 0. The molecule has 0 spiro atoms. The van der Waals surface area contributed by atoms with E-state index in [1.54, 1.807) is 0 Å². The summed E-state index contributed by atoms with van der Waals surface area (Å²) >= 11 is 0. The summed E-state index contributed by atoms with van der Waals surface area (Å²) in [5, 5.41) is 2.69. The summed E-state index contributed by atoms with van der Waals surface area (Å²) in [5.41, 5.74) is 6.38. The minimum Gasteiger partial charge on any atom is -0.378 e. The van der Waals surface area contributed by atoms with Gasteiger partial charge in [0.15, 0.2) is 7.14 Å². The molecule has 4 aromatic carbocycles. The molecule has 0 N–H and O–H groups in total. The number of hydrogen-bond acceptors (Lipinski definition) is 3. The van der Waals surface area contributed by atoms with Crippen molar-refractivity contribution in [3.63, 3.8) is 0 Å². The lowest BCUT2D eigenvalue weighted by atomic mass is 9.95. The molecule has 0 saturated heterocycles. The number of nitrogens with zero attached hydrogens (tertiary/aromatic N) is 2. The summed E-state index contributed by atoms with van der Waals surface area (Å²) in [7, 11) is 5.00. The first-order valence-electron chi connectivity index (χ1n) is 11.5. The van der Waals surface area contributed by atoms with Crippen molar-refractivity contribution in [2.45, 2.75) is 0 Å². The second-order valence-corrected chi connectivity index (χ2v) is 11.7. The lowest BCUT2D eigenvalue weighted by Crippen LogP contribution is -2.18. The molecular formula is C30H29N2OP. The van der Waals surface area contributed by atoms with Gasteiger partial charge < -0.3 is 14.4 Å². The van der Waals surface area contributed by atoms with Gasteiger partial charge in [0.05, 0.1) is 0 Å². The van der Waals surface area contributed by atoms with E-state index < -0.39 is 7.14 Å². The summed E-state index contributed by atoms with van der Waals surface area (Å²) < 4.78 is 15.4. The Morgan fingerprint density at radius 2 is 1.12 bits per heavy atom. The van der Waals surface area contributed by atoms with Crippen LogP contribution in [-0.4, -0.2) is 28.2 Å². The van der Waals surface area contributed by atoms with E-state index in [-0.39, 0.29) is 0 Å². The van der Waals surface area contributed by atoms with Crippen molar-refractivity contribution >= 4 is 40.0 Å². The second-order valence-electron chi connectivity index (χ2n) is 9.07. The Bertz CT molecular complexity index is 1410. The number of fused-ring (bicyclic) bond motifs is 1. The first kappa shape index (κ1) is 22.3. The van der Waals surface area contributed by atoms with E-state index in [2.05, 4.69) is 76.5 Å². The molecule has 0 unspecified atom stereocenters. The maximum Gasteiger partial charge on any atom is 0.172 e. The summed E-state index contributed by atoms with van der Waals surface area (Å²) in [6.45, 7) is 0. The molecule has 1 atom stereocenters. The van der Waals surface area contributed by atoms with Gasteiger partial charge in [0.2, 0.25) is 0 Å². The molecule has 170 valence electrons. The third-order valence-corrected chi connectivity index (χ3v) is 9.70. The molecule has 5 rings (SSSR count). The largest absolute Gasteiger partial charge is 0.378 e. The smallest absolute Gasteiger partial charge is 0.172 e. The van der Waals surface area contributed by atoms with Crippen LogP contribution in [0, 0.1) is 0 Å². The van der Waals surface area contributed by atoms with Crippen LogP contribution in [0.25, 0.3) is 10.9 Å². The molecule has 0 saturated carbocycles. The Balaban J connectivity index is 1.88. The van der Waals surface area contributed by atoms with Crippen LogP contribution < -0.4 is 20.4 Å². The fourth-order valence-corrected chi connectivity index (χ4v) is 7.95. The standard InChI is InChI=1S/C30H29N2OP/c1-31(2)24-15-18-26(19-16-24)34(33)28-20-17-25(32(3)4)21-27(28)29(22-11-7-5-8-12-22)30(34)23-13-9-6-10-14-23/h5-21H,1-4H3/t34-/m0/s1. The SMILES string of the molecule is CN(C)c1ccc([P@@]2(=O)C(c3ccccc3)=C(c3ccccc3)c3cc(N(C)C)ccc32)cc1. The van der Waals surface area contributed by atoms with Gasteiger partial charge in [0.1, 0.15) is 0 Å². The van der Waals surface area contributed by atoms with Gasteiger partial charge in [-0.05, 0) is 59.2 Å². The molecule has 0 aliphatic carbocycles. The van der Waals surface area contributed by atoms with E-state index in [0.29, 0.717) is 0 Å².